The van der Waals surface area contributed by atoms with E-state index in [0.29, 0.717) is 6.04 Å². The van der Waals surface area contributed by atoms with Gasteiger partial charge in [-0.1, -0.05) is 0 Å². The molecule has 1 aliphatic carbocycles. The maximum atomic E-state index is 7.31. The zero-order valence-electron chi connectivity index (χ0n) is 11.2. The van der Waals surface area contributed by atoms with Crippen LogP contribution in [0.15, 0.2) is 31.0 Å². The molecule has 0 radical (unpaired) electrons. The molecule has 6 nitrogen and oxygen atoms in total. The molecule has 0 atom stereocenters. The minimum atomic E-state index is 0.585. The fourth-order valence-electron chi connectivity index (χ4n) is 2.41. The molecule has 0 aliphatic heterocycles. The van der Waals surface area contributed by atoms with Crippen LogP contribution in [0.2, 0.25) is 0 Å². The summed E-state index contributed by atoms with van der Waals surface area (Å²) in [5.41, 5.74) is 2.89. The summed E-state index contributed by atoms with van der Waals surface area (Å²) in [6, 6.07) is 2.59. The predicted molar refractivity (Wildman–Crippen MR) is 87.6 cm³/mol. The van der Waals surface area contributed by atoms with Crippen molar-refractivity contribution in [3.8, 4) is 15.3 Å². The van der Waals surface area contributed by atoms with Gasteiger partial charge >= 0.3 is 0 Å². The molecule has 106 valence electrons. The van der Waals surface area contributed by atoms with Gasteiger partial charge in [-0.2, -0.15) is 10.4 Å². The molecule has 21 heavy (non-hydrogen) atoms. The summed E-state index contributed by atoms with van der Waals surface area (Å²) in [6.45, 7) is 0. The number of halogens is 1. The summed E-state index contributed by atoms with van der Waals surface area (Å²) in [6.07, 6.45) is 11.3. The average molecular weight is 392 g/mol. The summed E-state index contributed by atoms with van der Waals surface area (Å²) in [5.74, 6) is 0. The van der Waals surface area contributed by atoms with Gasteiger partial charge in [0.25, 0.3) is 0 Å². The number of H-pyrrole nitrogens is 1. The molecule has 0 unspecified atom stereocenters. The Bertz CT molecular complexity index is 780. The van der Waals surface area contributed by atoms with Crippen molar-refractivity contribution < 1.29 is 0 Å². The second-order valence-corrected chi connectivity index (χ2v) is 5.32. The Balaban J connectivity index is 0.000000409. The van der Waals surface area contributed by atoms with Crippen molar-refractivity contribution in [2.45, 2.75) is 25.3 Å². The number of nitriles is 1. The van der Waals surface area contributed by atoms with Crippen molar-refractivity contribution in [3.63, 3.8) is 0 Å². The Kier molecular flexibility index (Phi) is 4.15. The van der Waals surface area contributed by atoms with Crippen molar-refractivity contribution in [1.82, 2.24) is 24.7 Å². The highest BCUT2D eigenvalue weighted by Gasteiger charge is 2.20. The Morgan fingerprint density at radius 3 is 2.90 bits per heavy atom. The zero-order valence-corrected chi connectivity index (χ0v) is 13.4. The van der Waals surface area contributed by atoms with Crippen LogP contribution in [0.4, 0.5) is 0 Å². The summed E-state index contributed by atoms with van der Waals surface area (Å²) < 4.78 is 3.79. The van der Waals surface area contributed by atoms with E-state index in [9.17, 15) is 0 Å². The van der Waals surface area contributed by atoms with Crippen LogP contribution in [-0.2, 0) is 0 Å². The third-order valence-electron chi connectivity index (χ3n) is 3.68. The highest BCUT2D eigenvalue weighted by atomic mass is 127. The monoisotopic (exact) mass is 392 g/mol. The second-order valence-electron chi connectivity index (χ2n) is 4.84. The highest BCUT2D eigenvalue weighted by Crippen LogP contribution is 2.32. The molecule has 1 N–H and O–H groups in total. The first kappa shape index (κ1) is 14.0. The number of rotatable bonds is 2. The molecular formula is C14H13IN6. The van der Waals surface area contributed by atoms with E-state index in [0.717, 1.165) is 22.3 Å². The second kappa shape index (κ2) is 6.22. The Morgan fingerprint density at radius 2 is 2.19 bits per heavy atom. The minimum Gasteiger partial charge on any atom is -0.346 e. The van der Waals surface area contributed by atoms with Crippen LogP contribution < -0.4 is 0 Å². The molecule has 7 heteroatoms. The van der Waals surface area contributed by atoms with Crippen LogP contribution in [0.25, 0.3) is 22.3 Å². The molecule has 1 saturated carbocycles. The number of nitrogens with one attached hydrogen (secondary N) is 1. The number of nitrogens with zero attached hydrogens (tertiary/aromatic N) is 5. The summed E-state index contributed by atoms with van der Waals surface area (Å²) >= 11 is 1.59. The predicted octanol–water partition coefficient (Wildman–Crippen LogP) is 3.45. The average Bonchev–Trinajstić information content (AvgIpc) is 3.05. The van der Waals surface area contributed by atoms with E-state index in [-0.39, 0.29) is 0 Å². The van der Waals surface area contributed by atoms with Gasteiger partial charge in [-0.3, -0.25) is 4.68 Å². The lowest BCUT2D eigenvalue weighted by molar-refractivity contribution is 0.289. The standard InChI is InChI=1S/C13H13N5.CIN/c1-2-10(3-1)18-7-9(6-17-18)12-11-4-5-14-13(11)16-8-15-12;2-1-3/h4-8,10H,1-3H2,(H,14,15,16);. The van der Waals surface area contributed by atoms with Crippen LogP contribution in [0.5, 0.6) is 0 Å². The molecule has 3 aromatic heterocycles. The fraction of sp³-hybridized carbons (Fsp3) is 0.286. The number of aromatic amines is 1. The van der Waals surface area contributed by atoms with Gasteiger partial charge in [0.2, 0.25) is 0 Å². The van der Waals surface area contributed by atoms with Crippen molar-refractivity contribution in [2.75, 3.05) is 0 Å². The third-order valence-corrected chi connectivity index (χ3v) is 3.68. The van der Waals surface area contributed by atoms with E-state index >= 15 is 0 Å². The lowest BCUT2D eigenvalue weighted by atomic mass is 9.93. The SMILES string of the molecule is N#CI.c1nc(-c2cnn(C3CCC3)c2)c2cc[nH]c2n1. The molecule has 1 fully saturated rings. The van der Waals surface area contributed by atoms with Gasteiger partial charge in [-0.25, -0.2) is 9.97 Å². The Hall–Kier alpha value is -1.95. The van der Waals surface area contributed by atoms with Crippen LogP contribution >= 0.6 is 22.6 Å². The molecule has 0 saturated heterocycles. The lowest BCUT2D eigenvalue weighted by Gasteiger charge is -2.25. The largest absolute Gasteiger partial charge is 0.346 e. The Labute approximate surface area is 135 Å². The smallest absolute Gasteiger partial charge is 0.141 e. The van der Waals surface area contributed by atoms with Crippen LogP contribution in [-0.4, -0.2) is 24.7 Å². The van der Waals surface area contributed by atoms with Gasteiger partial charge in [0, 0.05) is 23.3 Å². The number of hydrogen-bond donors (Lipinski definition) is 1. The van der Waals surface area contributed by atoms with Crippen LogP contribution in [0.1, 0.15) is 25.3 Å². The molecule has 1 aliphatic rings. The van der Waals surface area contributed by atoms with Crippen molar-refractivity contribution in [2.24, 2.45) is 0 Å². The summed E-state index contributed by atoms with van der Waals surface area (Å²) in [7, 11) is 0. The summed E-state index contributed by atoms with van der Waals surface area (Å²) in [4.78, 5) is 11.7. The van der Waals surface area contributed by atoms with Gasteiger partial charge in [-0.15, -0.1) is 0 Å². The minimum absolute atomic E-state index is 0.585. The van der Waals surface area contributed by atoms with Crippen molar-refractivity contribution in [1.29, 1.82) is 5.26 Å². The molecular weight excluding hydrogens is 379 g/mol. The van der Waals surface area contributed by atoms with Gasteiger partial charge in [0.05, 0.1) is 40.5 Å². The number of fused-ring (bicyclic) bond motifs is 1. The number of aromatic nitrogens is 5. The maximum absolute atomic E-state index is 7.31. The molecule has 3 aromatic rings. The van der Waals surface area contributed by atoms with Gasteiger partial charge in [0.1, 0.15) is 16.1 Å². The van der Waals surface area contributed by atoms with E-state index in [1.807, 2.05) is 18.5 Å². The highest BCUT2D eigenvalue weighted by molar-refractivity contribution is 14.1. The van der Waals surface area contributed by atoms with E-state index in [4.69, 9.17) is 5.26 Å². The Morgan fingerprint density at radius 1 is 1.38 bits per heavy atom. The van der Waals surface area contributed by atoms with E-state index < -0.39 is 0 Å². The quantitative estimate of drug-likeness (QED) is 0.678. The van der Waals surface area contributed by atoms with E-state index in [1.54, 1.807) is 33.0 Å². The fourth-order valence-corrected chi connectivity index (χ4v) is 2.41. The number of hydrogen-bond acceptors (Lipinski definition) is 4. The van der Waals surface area contributed by atoms with Crippen molar-refractivity contribution in [3.05, 3.63) is 31.0 Å². The normalized spacial score (nSPS) is 14.1. The first-order valence-corrected chi connectivity index (χ1v) is 7.73. The first-order chi connectivity index (χ1) is 10.3. The maximum Gasteiger partial charge on any atom is 0.141 e. The third kappa shape index (κ3) is 2.76. The first-order valence-electron chi connectivity index (χ1n) is 6.66. The topological polar surface area (TPSA) is 83.2 Å². The molecule has 0 aromatic carbocycles. The van der Waals surface area contributed by atoms with Crippen molar-refractivity contribution >= 4 is 33.6 Å². The zero-order chi connectivity index (χ0) is 14.7. The summed E-state index contributed by atoms with van der Waals surface area (Å²) in [5, 5.41) is 12.8. The van der Waals surface area contributed by atoms with Gasteiger partial charge in [0.15, 0.2) is 0 Å². The van der Waals surface area contributed by atoms with Gasteiger partial charge < -0.3 is 4.98 Å². The molecule has 0 spiro atoms. The van der Waals surface area contributed by atoms with Crippen LogP contribution in [0.3, 0.4) is 0 Å². The van der Waals surface area contributed by atoms with E-state index in [1.165, 1.54) is 19.3 Å². The lowest BCUT2D eigenvalue weighted by Crippen LogP contribution is -2.16. The molecule has 0 bridgehead atoms. The van der Waals surface area contributed by atoms with Gasteiger partial charge in [-0.05, 0) is 25.3 Å². The molecule has 4 rings (SSSR count). The van der Waals surface area contributed by atoms with E-state index in [2.05, 4.69) is 30.9 Å². The molecule has 0 amide bonds. The van der Waals surface area contributed by atoms with Crippen LogP contribution in [0, 0.1) is 9.34 Å². The molecule has 3 heterocycles.